The highest BCUT2D eigenvalue weighted by Gasteiger charge is 2.23. The quantitative estimate of drug-likeness (QED) is 0.167. The number of nitrogens with zero attached hydrogens (tertiary/aromatic N) is 6. The Bertz CT molecular complexity index is 4990. The lowest BCUT2D eigenvalue weighted by molar-refractivity contribution is 0.590. The first kappa shape index (κ1) is 39.4. The molecule has 6 nitrogen and oxygen atoms in total. The molecule has 0 aliphatic rings. The smallest absolute Gasteiger partial charge is 0.148 e. The van der Waals surface area contributed by atoms with E-state index in [1.54, 1.807) is 18.2 Å². The zero-order chi connectivity index (χ0) is 58.9. The van der Waals surface area contributed by atoms with Crippen molar-refractivity contribution < 1.29 is 9.60 Å². The van der Waals surface area contributed by atoms with Crippen LogP contribution < -0.4 is 0 Å². The van der Waals surface area contributed by atoms with Crippen LogP contribution in [0.5, 0.6) is 0 Å². The number of rotatable bonds is 6. The van der Waals surface area contributed by atoms with Gasteiger partial charge in [-0.3, -0.25) is 0 Å². The van der Waals surface area contributed by atoms with E-state index in [9.17, 15) is 9.60 Å². The topological polar surface area (TPSA) is 45.5 Å². The Morgan fingerprint density at radius 2 is 0.679 bits per heavy atom. The number of para-hydroxylation sites is 4. The summed E-state index contributed by atoms with van der Waals surface area (Å²) in [5, 5.41) is 16.3. The molecule has 0 aliphatic heterocycles. The molecule has 78 heavy (non-hydrogen) atoms. The lowest BCUT2D eigenvalue weighted by atomic mass is 9.87. The second-order valence-electron chi connectivity index (χ2n) is 22.6. The average Bonchev–Trinajstić information content (AvgIpc) is 1.57. The summed E-state index contributed by atoms with van der Waals surface area (Å²) in [7, 11) is 0. The molecule has 0 unspecified atom stereocenters. The van der Waals surface area contributed by atoms with Gasteiger partial charge in [-0.25, -0.2) is 0 Å². The van der Waals surface area contributed by atoms with E-state index < -0.39 is 0 Å². The highest BCUT2D eigenvalue weighted by atomic mass is 32.1. The van der Waals surface area contributed by atoms with Crippen LogP contribution >= 0.6 is 11.3 Å². The van der Waals surface area contributed by atoms with Crippen molar-refractivity contribution in [3.63, 3.8) is 0 Å². The van der Waals surface area contributed by atoms with Gasteiger partial charge in [0.2, 0.25) is 0 Å². The SMILES string of the molecule is [2H]c1cccc2c3c([2H])c4c(c([2H])c3n(-c3ccc(-c5nnc(-c6ccc(-n7c8c([2H])cccc8c8c([2H])c9c(c([2H])c87)c7cccc(C)c7n9-c7ccc(C(C)(C)C)cc7)cc6)s5)cc3)c12)c1cccc([2H])c1n4-c1ccc(C(C)(C)C)cc1. The summed E-state index contributed by atoms with van der Waals surface area (Å²) in [6.07, 6.45) is 0. The molecule has 0 radical (unpaired) electrons. The van der Waals surface area contributed by atoms with E-state index >= 15 is 0 Å². The second kappa shape index (κ2) is 17.0. The molecule has 0 saturated carbocycles. The molecule has 0 fully saturated rings. The summed E-state index contributed by atoms with van der Waals surface area (Å²) in [5.74, 6) is 0. The summed E-state index contributed by atoms with van der Waals surface area (Å²) >= 11 is 1.46. The molecule has 5 heterocycles. The number of fused-ring (bicyclic) bond motifs is 12. The summed E-state index contributed by atoms with van der Waals surface area (Å²) in [6, 6.07) is 57.4. The standard InChI is InChI=1S/C71H56N6S/c1-43-15-14-19-55-59-42-65-58(41-66(59)77(67(43)55)51-37-29-47(30-38-51)71(5,6)7)54-18-10-12-21-61(54)75(65)49-33-25-45(26-34-49)69-73-72-68(78-69)44-23-31-48(32-24-44)74-60-20-11-8-16-52(60)56-40-64-57(39-63(56)74)53-17-9-13-22-62(53)76(64)50-35-27-46(28-36-50)70(2,3)4/h8-42H,1-7H3/i20D,21D,22D,39D,40D,41D,42D. The lowest BCUT2D eigenvalue weighted by Crippen LogP contribution is -2.10. The fourth-order valence-corrected chi connectivity index (χ4v) is 12.5. The van der Waals surface area contributed by atoms with Crippen molar-refractivity contribution >= 4 is 98.6 Å². The van der Waals surface area contributed by atoms with Crippen LogP contribution in [0.15, 0.2) is 212 Å². The molecule has 0 bridgehead atoms. The Kier molecular flexibility index (Phi) is 8.57. The van der Waals surface area contributed by atoms with Crippen molar-refractivity contribution in [1.82, 2.24) is 28.5 Å². The summed E-state index contributed by atoms with van der Waals surface area (Å²) in [4.78, 5) is 0. The molecule has 0 amide bonds. The predicted molar refractivity (Wildman–Crippen MR) is 330 cm³/mol. The molecule has 7 heteroatoms. The predicted octanol–water partition coefficient (Wildman–Crippen LogP) is 19.2. The van der Waals surface area contributed by atoms with Crippen LogP contribution in [0.3, 0.4) is 0 Å². The first-order valence-electron chi connectivity index (χ1n) is 30.0. The Morgan fingerprint density at radius 1 is 0.346 bits per heavy atom. The van der Waals surface area contributed by atoms with Crippen molar-refractivity contribution in [3.8, 4) is 43.9 Å². The maximum atomic E-state index is 10.2. The van der Waals surface area contributed by atoms with Gasteiger partial charge in [0.25, 0.3) is 0 Å². The van der Waals surface area contributed by atoms with Crippen LogP contribution in [-0.2, 0) is 10.8 Å². The summed E-state index contributed by atoms with van der Waals surface area (Å²) < 4.78 is 76.3. The number of benzene rings is 10. The monoisotopic (exact) mass is 1030 g/mol. The van der Waals surface area contributed by atoms with Gasteiger partial charge in [-0.05, 0) is 150 Å². The number of hydrogen-bond donors (Lipinski definition) is 0. The number of hydrogen-bond acceptors (Lipinski definition) is 3. The van der Waals surface area contributed by atoms with Gasteiger partial charge in [-0.2, -0.15) is 0 Å². The van der Waals surface area contributed by atoms with Gasteiger partial charge in [0, 0.05) is 77.0 Å². The average molecular weight is 1030 g/mol. The largest absolute Gasteiger partial charge is 0.309 e. The molecule has 15 aromatic rings. The summed E-state index contributed by atoms with van der Waals surface area (Å²) in [6.45, 7) is 15.2. The van der Waals surface area contributed by atoms with Crippen LogP contribution in [0.2, 0.25) is 0 Å². The zero-order valence-corrected chi connectivity index (χ0v) is 45.1. The minimum Gasteiger partial charge on any atom is -0.309 e. The maximum Gasteiger partial charge on any atom is 0.148 e. The maximum absolute atomic E-state index is 10.2. The fraction of sp³-hybridized carbons (Fsp3) is 0.127. The van der Waals surface area contributed by atoms with Gasteiger partial charge >= 0.3 is 0 Å². The lowest BCUT2D eigenvalue weighted by Gasteiger charge is -2.19. The van der Waals surface area contributed by atoms with Crippen LogP contribution in [0.25, 0.3) is 131 Å². The highest BCUT2D eigenvalue weighted by Crippen LogP contribution is 2.43. The second-order valence-corrected chi connectivity index (χ2v) is 23.6. The van der Waals surface area contributed by atoms with E-state index in [-0.39, 0.29) is 29.0 Å². The van der Waals surface area contributed by atoms with E-state index in [1.807, 2.05) is 117 Å². The molecule has 15 rings (SSSR count). The molecule has 0 saturated heterocycles. The van der Waals surface area contributed by atoms with Crippen molar-refractivity contribution in [1.29, 1.82) is 0 Å². The number of aromatic nitrogens is 6. The Hall–Kier alpha value is -9.04. The van der Waals surface area contributed by atoms with Gasteiger partial charge in [-0.15, -0.1) is 10.2 Å². The first-order valence-corrected chi connectivity index (χ1v) is 27.3. The van der Waals surface area contributed by atoms with Crippen LogP contribution in [-0.4, -0.2) is 28.5 Å². The summed E-state index contributed by atoms with van der Waals surface area (Å²) in [5.41, 5.74) is 13.3. The Morgan fingerprint density at radius 3 is 1.06 bits per heavy atom. The molecule has 10 aromatic carbocycles. The van der Waals surface area contributed by atoms with E-state index in [2.05, 4.69) is 112 Å². The molecule has 0 spiro atoms. The van der Waals surface area contributed by atoms with Gasteiger partial charge < -0.3 is 18.3 Å². The van der Waals surface area contributed by atoms with E-state index in [4.69, 9.17) is 0 Å². The normalized spacial score (nSPS) is 13.8. The third-order valence-corrected chi connectivity index (χ3v) is 16.7. The highest BCUT2D eigenvalue weighted by molar-refractivity contribution is 7.17. The van der Waals surface area contributed by atoms with Crippen LogP contribution in [0.1, 0.15) is 67.8 Å². The molecular formula is C71H56N6S. The molecule has 376 valence electrons. The first-order chi connectivity index (χ1) is 40.8. The van der Waals surface area contributed by atoms with Crippen molar-refractivity contribution in [2.75, 3.05) is 0 Å². The molecule has 0 aliphatic carbocycles. The van der Waals surface area contributed by atoms with Crippen molar-refractivity contribution in [3.05, 3.63) is 229 Å². The fourth-order valence-electron chi connectivity index (χ4n) is 11.7. The third kappa shape index (κ3) is 7.07. The van der Waals surface area contributed by atoms with Crippen LogP contribution in [0, 0.1) is 6.92 Å². The Labute approximate surface area is 466 Å². The van der Waals surface area contributed by atoms with E-state index in [0.29, 0.717) is 99.7 Å². The zero-order valence-electron chi connectivity index (χ0n) is 51.3. The molecular weight excluding hydrogens is 969 g/mol. The van der Waals surface area contributed by atoms with Crippen molar-refractivity contribution in [2.24, 2.45) is 0 Å². The molecule has 0 N–H and O–H groups in total. The Balaban J connectivity index is 0.818. The van der Waals surface area contributed by atoms with Gasteiger partial charge in [-0.1, -0.05) is 150 Å². The van der Waals surface area contributed by atoms with Crippen molar-refractivity contribution in [2.45, 2.75) is 59.3 Å². The third-order valence-electron chi connectivity index (χ3n) is 15.7. The van der Waals surface area contributed by atoms with Crippen LogP contribution in [0.4, 0.5) is 0 Å². The molecule has 5 aromatic heterocycles. The minimum absolute atomic E-state index is 0.0350. The van der Waals surface area contributed by atoms with Gasteiger partial charge in [0.05, 0.1) is 53.7 Å². The number of aryl methyl sites for hydroxylation is 1. The van der Waals surface area contributed by atoms with E-state index in [0.717, 1.165) is 61.1 Å². The van der Waals surface area contributed by atoms with Gasteiger partial charge in [0.15, 0.2) is 0 Å². The van der Waals surface area contributed by atoms with E-state index in [1.165, 1.54) is 22.5 Å². The molecule has 0 atom stereocenters. The van der Waals surface area contributed by atoms with Gasteiger partial charge in [0.1, 0.15) is 10.0 Å². The minimum atomic E-state index is -0.0687.